The lowest BCUT2D eigenvalue weighted by Gasteiger charge is -2.16. The molecule has 24 heavy (non-hydrogen) atoms. The Morgan fingerprint density at radius 2 is 2.04 bits per heavy atom. The molecule has 1 atom stereocenters. The molecule has 1 aromatic rings. The molecule has 1 aliphatic carbocycles. The first-order chi connectivity index (χ1) is 11.5. The highest BCUT2D eigenvalue weighted by molar-refractivity contribution is 7.98. The Bertz CT molecular complexity index is 569. The highest BCUT2D eigenvalue weighted by Crippen LogP contribution is 2.33. The number of rotatable bonds is 8. The van der Waals surface area contributed by atoms with Gasteiger partial charge in [-0.2, -0.15) is 0 Å². The van der Waals surface area contributed by atoms with E-state index in [1.165, 1.54) is 32.6 Å². The number of nitrogens with zero attached hydrogens (tertiary/aromatic N) is 3. The lowest BCUT2D eigenvalue weighted by atomic mass is 10.2. The van der Waals surface area contributed by atoms with E-state index in [1.54, 1.807) is 18.7 Å². The van der Waals surface area contributed by atoms with Gasteiger partial charge in [0.05, 0.1) is 0 Å². The zero-order valence-corrected chi connectivity index (χ0v) is 15.5. The van der Waals surface area contributed by atoms with Gasteiger partial charge in [-0.15, -0.1) is 10.2 Å². The molecule has 7 nitrogen and oxygen atoms in total. The lowest BCUT2D eigenvalue weighted by Crippen LogP contribution is -2.44. The van der Waals surface area contributed by atoms with Gasteiger partial charge in [-0.05, 0) is 32.4 Å². The number of amides is 2. The Balaban J connectivity index is 1.83. The van der Waals surface area contributed by atoms with Crippen molar-refractivity contribution in [2.24, 2.45) is 0 Å². The third-order valence-corrected chi connectivity index (χ3v) is 4.94. The zero-order valence-electron chi connectivity index (χ0n) is 14.7. The highest BCUT2D eigenvalue weighted by Gasteiger charge is 2.23. The molecule has 0 spiro atoms. The zero-order chi connectivity index (χ0) is 17.5. The normalized spacial score (nSPS) is 16.1. The van der Waals surface area contributed by atoms with Crippen molar-refractivity contribution in [1.82, 2.24) is 25.4 Å². The topological polar surface area (TPSA) is 88.9 Å². The van der Waals surface area contributed by atoms with Crippen molar-refractivity contribution < 1.29 is 9.59 Å². The van der Waals surface area contributed by atoms with E-state index < -0.39 is 6.04 Å². The molecule has 0 aromatic carbocycles. The van der Waals surface area contributed by atoms with E-state index in [0.717, 1.165) is 23.8 Å². The summed E-state index contributed by atoms with van der Waals surface area (Å²) < 4.78 is 2.29. The first-order valence-corrected chi connectivity index (χ1v) is 9.78. The molecule has 0 aliphatic heterocycles. The quantitative estimate of drug-likeness (QED) is 0.548. The van der Waals surface area contributed by atoms with Gasteiger partial charge in [-0.3, -0.25) is 9.59 Å². The number of hydrogen-bond donors (Lipinski definition) is 2. The molecule has 1 fully saturated rings. The minimum absolute atomic E-state index is 0.160. The lowest BCUT2D eigenvalue weighted by molar-refractivity contribution is -0.127. The molecule has 134 valence electrons. The van der Waals surface area contributed by atoms with Gasteiger partial charge < -0.3 is 15.2 Å². The summed E-state index contributed by atoms with van der Waals surface area (Å²) in [5.41, 5.74) is 0. The molecule has 0 saturated heterocycles. The predicted molar refractivity (Wildman–Crippen MR) is 93.9 cm³/mol. The van der Waals surface area contributed by atoms with Crippen molar-refractivity contribution in [3.05, 3.63) is 5.82 Å². The SMILES string of the molecule is CSc1nnc(CCCNC(=O)C(C)NC(C)=O)n1C1CCCC1. The Morgan fingerprint density at radius 1 is 1.33 bits per heavy atom. The number of aromatic nitrogens is 3. The van der Waals surface area contributed by atoms with Crippen molar-refractivity contribution in [2.75, 3.05) is 12.8 Å². The summed E-state index contributed by atoms with van der Waals surface area (Å²) in [7, 11) is 0. The van der Waals surface area contributed by atoms with Crippen LogP contribution in [0, 0.1) is 0 Å². The van der Waals surface area contributed by atoms with Crippen LogP contribution in [-0.2, 0) is 16.0 Å². The first kappa shape index (κ1) is 18.8. The van der Waals surface area contributed by atoms with Crippen molar-refractivity contribution in [3.63, 3.8) is 0 Å². The van der Waals surface area contributed by atoms with Crippen LogP contribution < -0.4 is 10.6 Å². The average Bonchev–Trinajstić information content (AvgIpc) is 3.19. The van der Waals surface area contributed by atoms with Gasteiger partial charge >= 0.3 is 0 Å². The second-order valence-corrected chi connectivity index (χ2v) is 7.00. The Kier molecular flexibility index (Phi) is 7.08. The molecule has 2 amide bonds. The molecule has 1 saturated carbocycles. The van der Waals surface area contributed by atoms with Crippen molar-refractivity contribution >= 4 is 23.6 Å². The van der Waals surface area contributed by atoms with Gasteiger partial charge in [-0.1, -0.05) is 24.6 Å². The Labute approximate surface area is 147 Å². The molecule has 8 heteroatoms. The van der Waals surface area contributed by atoms with Crippen LogP contribution in [0.25, 0.3) is 0 Å². The molecule has 1 heterocycles. The minimum Gasteiger partial charge on any atom is -0.354 e. The summed E-state index contributed by atoms with van der Waals surface area (Å²) in [6.07, 6.45) is 8.56. The van der Waals surface area contributed by atoms with E-state index in [2.05, 4.69) is 25.4 Å². The minimum atomic E-state index is -0.507. The number of carbonyl (C=O) groups excluding carboxylic acids is 2. The maximum atomic E-state index is 11.9. The molecule has 2 N–H and O–H groups in total. The fourth-order valence-corrected chi connectivity index (χ4v) is 3.70. The standard InChI is InChI=1S/C16H27N5O2S/c1-11(18-12(2)22)15(23)17-10-6-9-14-19-20-16(24-3)21(14)13-7-4-5-8-13/h11,13H,4-10H2,1-3H3,(H,17,23)(H,18,22). The summed E-state index contributed by atoms with van der Waals surface area (Å²) in [4.78, 5) is 22.8. The van der Waals surface area contributed by atoms with Crippen LogP contribution >= 0.6 is 11.8 Å². The molecular formula is C16H27N5O2S. The summed E-state index contributed by atoms with van der Waals surface area (Å²) in [5.74, 6) is 0.648. The van der Waals surface area contributed by atoms with Gasteiger partial charge in [0.2, 0.25) is 11.8 Å². The van der Waals surface area contributed by atoms with Crippen LogP contribution in [0.1, 0.15) is 57.8 Å². The van der Waals surface area contributed by atoms with Crippen LogP contribution in [-0.4, -0.2) is 45.4 Å². The summed E-state index contributed by atoms with van der Waals surface area (Å²) in [5, 5.41) is 15.1. The fourth-order valence-electron chi connectivity index (χ4n) is 3.13. The smallest absolute Gasteiger partial charge is 0.242 e. The predicted octanol–water partition coefficient (Wildman–Crippen LogP) is 1.69. The van der Waals surface area contributed by atoms with Crippen molar-refractivity contribution in [1.29, 1.82) is 0 Å². The van der Waals surface area contributed by atoms with Gasteiger partial charge in [0.1, 0.15) is 11.9 Å². The molecule has 1 aliphatic rings. The third-order valence-electron chi connectivity index (χ3n) is 4.30. The second kappa shape index (κ2) is 9.05. The highest BCUT2D eigenvalue weighted by atomic mass is 32.2. The van der Waals surface area contributed by atoms with Crippen molar-refractivity contribution in [2.45, 2.75) is 69.6 Å². The molecular weight excluding hydrogens is 326 g/mol. The Hall–Kier alpha value is -1.57. The number of carbonyl (C=O) groups is 2. The van der Waals surface area contributed by atoms with E-state index in [1.807, 2.05) is 6.26 Å². The summed E-state index contributed by atoms with van der Waals surface area (Å²) >= 11 is 1.64. The molecule has 2 rings (SSSR count). The molecule has 0 bridgehead atoms. The monoisotopic (exact) mass is 353 g/mol. The van der Waals surface area contributed by atoms with Crippen molar-refractivity contribution in [3.8, 4) is 0 Å². The molecule has 1 unspecified atom stereocenters. The molecule has 0 radical (unpaired) electrons. The first-order valence-electron chi connectivity index (χ1n) is 8.55. The maximum absolute atomic E-state index is 11.9. The fraction of sp³-hybridized carbons (Fsp3) is 0.750. The van der Waals surface area contributed by atoms with Gasteiger partial charge in [0.25, 0.3) is 0 Å². The van der Waals surface area contributed by atoms with Crippen LogP contribution in [0.3, 0.4) is 0 Å². The largest absolute Gasteiger partial charge is 0.354 e. The number of hydrogen-bond acceptors (Lipinski definition) is 5. The number of aryl methyl sites for hydroxylation is 1. The molecule has 1 aromatic heterocycles. The third kappa shape index (κ3) is 4.96. The van der Waals surface area contributed by atoms with E-state index in [-0.39, 0.29) is 11.8 Å². The second-order valence-electron chi connectivity index (χ2n) is 6.23. The van der Waals surface area contributed by atoms with E-state index in [0.29, 0.717) is 12.6 Å². The van der Waals surface area contributed by atoms with Crippen LogP contribution in [0.4, 0.5) is 0 Å². The summed E-state index contributed by atoms with van der Waals surface area (Å²) in [6, 6.07) is 0.0135. The maximum Gasteiger partial charge on any atom is 0.242 e. The average molecular weight is 353 g/mol. The van der Waals surface area contributed by atoms with E-state index in [9.17, 15) is 9.59 Å². The van der Waals surface area contributed by atoms with Crippen LogP contribution in [0.2, 0.25) is 0 Å². The van der Waals surface area contributed by atoms with Crippen LogP contribution in [0.15, 0.2) is 5.16 Å². The van der Waals surface area contributed by atoms with Gasteiger partial charge in [0.15, 0.2) is 5.16 Å². The summed E-state index contributed by atoms with van der Waals surface area (Å²) in [6.45, 7) is 3.65. The van der Waals surface area contributed by atoms with E-state index >= 15 is 0 Å². The Morgan fingerprint density at radius 3 is 2.67 bits per heavy atom. The number of thioether (sulfide) groups is 1. The van der Waals surface area contributed by atoms with Crippen LogP contribution in [0.5, 0.6) is 0 Å². The number of nitrogens with one attached hydrogen (secondary N) is 2. The van der Waals surface area contributed by atoms with Gasteiger partial charge in [0, 0.05) is 25.9 Å². The van der Waals surface area contributed by atoms with E-state index in [4.69, 9.17) is 0 Å². The van der Waals surface area contributed by atoms with Gasteiger partial charge in [-0.25, -0.2) is 0 Å².